The maximum absolute atomic E-state index is 11.0. The fourth-order valence-electron chi connectivity index (χ4n) is 2.18. The SMILES string of the molecule is COc1ccc(CCOc2cccc(CCOS(C)(=O)=O)c2)cc1. The highest BCUT2D eigenvalue weighted by Crippen LogP contribution is 2.16. The molecule has 0 aliphatic carbocycles. The van der Waals surface area contributed by atoms with E-state index in [0.717, 1.165) is 29.7 Å². The predicted molar refractivity (Wildman–Crippen MR) is 93.1 cm³/mol. The van der Waals surface area contributed by atoms with Crippen LogP contribution >= 0.6 is 0 Å². The van der Waals surface area contributed by atoms with Crippen LogP contribution in [-0.2, 0) is 27.1 Å². The lowest BCUT2D eigenvalue weighted by Gasteiger charge is -2.09. The normalized spacial score (nSPS) is 11.2. The topological polar surface area (TPSA) is 61.8 Å². The number of hydrogen-bond donors (Lipinski definition) is 0. The van der Waals surface area contributed by atoms with Gasteiger partial charge in [-0.05, 0) is 41.8 Å². The smallest absolute Gasteiger partial charge is 0.264 e. The fraction of sp³-hybridized carbons (Fsp3) is 0.333. The fourth-order valence-corrected chi connectivity index (χ4v) is 2.57. The maximum atomic E-state index is 11.0. The van der Waals surface area contributed by atoms with Gasteiger partial charge in [-0.15, -0.1) is 0 Å². The van der Waals surface area contributed by atoms with Gasteiger partial charge in [-0.1, -0.05) is 24.3 Å². The quantitative estimate of drug-likeness (QED) is 0.651. The van der Waals surface area contributed by atoms with Crippen molar-refractivity contribution in [3.8, 4) is 11.5 Å². The highest BCUT2D eigenvalue weighted by atomic mass is 32.2. The summed E-state index contributed by atoms with van der Waals surface area (Å²) in [6, 6.07) is 15.5. The first-order valence-corrected chi connectivity index (χ1v) is 9.47. The van der Waals surface area contributed by atoms with Crippen molar-refractivity contribution in [3.05, 3.63) is 59.7 Å². The van der Waals surface area contributed by atoms with E-state index < -0.39 is 10.1 Å². The summed E-state index contributed by atoms with van der Waals surface area (Å²) in [4.78, 5) is 0. The number of rotatable bonds is 9. The van der Waals surface area contributed by atoms with Crippen molar-refractivity contribution >= 4 is 10.1 Å². The van der Waals surface area contributed by atoms with E-state index in [9.17, 15) is 8.42 Å². The first kappa shape index (κ1) is 18.3. The lowest BCUT2D eigenvalue weighted by Crippen LogP contribution is -2.06. The molecular formula is C18H22O5S. The summed E-state index contributed by atoms with van der Waals surface area (Å²) >= 11 is 0. The third kappa shape index (κ3) is 6.60. The molecule has 0 aromatic heterocycles. The molecule has 2 aromatic carbocycles. The van der Waals surface area contributed by atoms with Crippen LogP contribution in [0, 0.1) is 0 Å². The third-order valence-corrected chi connectivity index (χ3v) is 4.00. The molecule has 2 rings (SSSR count). The summed E-state index contributed by atoms with van der Waals surface area (Å²) in [6.07, 6.45) is 2.36. The molecule has 0 saturated heterocycles. The molecule has 0 amide bonds. The van der Waals surface area contributed by atoms with Crippen molar-refractivity contribution in [3.63, 3.8) is 0 Å². The Labute approximate surface area is 143 Å². The van der Waals surface area contributed by atoms with E-state index in [0.29, 0.717) is 13.0 Å². The third-order valence-electron chi connectivity index (χ3n) is 3.41. The lowest BCUT2D eigenvalue weighted by molar-refractivity contribution is 0.318. The second kappa shape index (κ2) is 8.70. The van der Waals surface area contributed by atoms with E-state index >= 15 is 0 Å². The van der Waals surface area contributed by atoms with Gasteiger partial charge in [0.05, 0.1) is 26.6 Å². The average molecular weight is 350 g/mol. The molecule has 0 aliphatic heterocycles. The van der Waals surface area contributed by atoms with Crippen LogP contribution in [0.3, 0.4) is 0 Å². The van der Waals surface area contributed by atoms with Crippen LogP contribution in [0.15, 0.2) is 48.5 Å². The summed E-state index contributed by atoms with van der Waals surface area (Å²) in [5, 5.41) is 0. The van der Waals surface area contributed by atoms with E-state index in [-0.39, 0.29) is 6.61 Å². The van der Waals surface area contributed by atoms with E-state index in [1.165, 1.54) is 5.56 Å². The van der Waals surface area contributed by atoms with Crippen LogP contribution in [0.2, 0.25) is 0 Å². The zero-order valence-corrected chi connectivity index (χ0v) is 14.7. The minimum Gasteiger partial charge on any atom is -0.497 e. The van der Waals surface area contributed by atoms with Gasteiger partial charge in [-0.3, -0.25) is 4.18 Å². The summed E-state index contributed by atoms with van der Waals surface area (Å²) < 4.78 is 37.5. The Morgan fingerprint density at radius 3 is 2.25 bits per heavy atom. The second-order valence-electron chi connectivity index (χ2n) is 5.37. The highest BCUT2D eigenvalue weighted by Gasteiger charge is 2.03. The van der Waals surface area contributed by atoms with Gasteiger partial charge in [0.15, 0.2) is 0 Å². The minimum atomic E-state index is -3.39. The Hall–Kier alpha value is -2.05. The van der Waals surface area contributed by atoms with Crippen LogP contribution in [0.25, 0.3) is 0 Å². The Bertz CT molecular complexity index is 738. The van der Waals surface area contributed by atoms with Gasteiger partial charge >= 0.3 is 0 Å². The molecule has 6 heteroatoms. The number of methoxy groups -OCH3 is 1. The zero-order chi connectivity index (χ0) is 17.4. The van der Waals surface area contributed by atoms with Gasteiger partial charge in [0.2, 0.25) is 0 Å². The summed E-state index contributed by atoms with van der Waals surface area (Å²) in [5.74, 6) is 1.60. The molecule has 0 spiro atoms. The number of ether oxygens (including phenoxy) is 2. The second-order valence-corrected chi connectivity index (χ2v) is 7.01. The van der Waals surface area contributed by atoms with Crippen molar-refractivity contribution in [1.82, 2.24) is 0 Å². The van der Waals surface area contributed by atoms with Crippen LogP contribution in [0.1, 0.15) is 11.1 Å². The molecule has 2 aromatic rings. The van der Waals surface area contributed by atoms with Gasteiger partial charge in [0.1, 0.15) is 11.5 Å². The molecule has 0 atom stereocenters. The van der Waals surface area contributed by atoms with Crippen LogP contribution in [0.5, 0.6) is 11.5 Å². The van der Waals surface area contributed by atoms with Gasteiger partial charge in [-0.25, -0.2) is 0 Å². The van der Waals surface area contributed by atoms with Crippen molar-refractivity contribution in [2.75, 3.05) is 26.6 Å². The van der Waals surface area contributed by atoms with Gasteiger partial charge in [-0.2, -0.15) is 8.42 Å². The number of benzene rings is 2. The van der Waals surface area contributed by atoms with E-state index in [1.54, 1.807) is 7.11 Å². The van der Waals surface area contributed by atoms with Gasteiger partial charge in [0, 0.05) is 6.42 Å². The maximum Gasteiger partial charge on any atom is 0.264 e. The highest BCUT2D eigenvalue weighted by molar-refractivity contribution is 7.85. The Balaban J connectivity index is 1.80. The summed E-state index contributed by atoms with van der Waals surface area (Å²) in [5.41, 5.74) is 2.15. The first-order chi connectivity index (χ1) is 11.5. The van der Waals surface area contributed by atoms with E-state index in [4.69, 9.17) is 13.7 Å². The monoisotopic (exact) mass is 350 g/mol. The molecule has 130 valence electrons. The number of hydrogen-bond acceptors (Lipinski definition) is 5. The Kier molecular flexibility index (Phi) is 6.63. The lowest BCUT2D eigenvalue weighted by atomic mass is 10.1. The van der Waals surface area contributed by atoms with Crippen molar-refractivity contribution in [1.29, 1.82) is 0 Å². The van der Waals surface area contributed by atoms with Crippen molar-refractivity contribution < 1.29 is 22.1 Å². The molecule has 0 aliphatic rings. The summed E-state index contributed by atoms with van der Waals surface area (Å²) in [7, 11) is -1.75. The molecule has 0 radical (unpaired) electrons. The van der Waals surface area contributed by atoms with E-state index in [2.05, 4.69) is 0 Å². The molecule has 24 heavy (non-hydrogen) atoms. The molecule has 0 heterocycles. The molecule has 0 unspecified atom stereocenters. The minimum absolute atomic E-state index is 0.133. The first-order valence-electron chi connectivity index (χ1n) is 7.65. The molecule has 0 bridgehead atoms. The molecule has 5 nitrogen and oxygen atoms in total. The molecule has 0 fully saturated rings. The van der Waals surface area contributed by atoms with Crippen LogP contribution in [-0.4, -0.2) is 35.0 Å². The van der Waals surface area contributed by atoms with Crippen LogP contribution < -0.4 is 9.47 Å². The van der Waals surface area contributed by atoms with E-state index in [1.807, 2.05) is 48.5 Å². The van der Waals surface area contributed by atoms with Crippen molar-refractivity contribution in [2.24, 2.45) is 0 Å². The Morgan fingerprint density at radius 2 is 1.58 bits per heavy atom. The molecular weight excluding hydrogens is 328 g/mol. The van der Waals surface area contributed by atoms with Crippen LogP contribution in [0.4, 0.5) is 0 Å². The van der Waals surface area contributed by atoms with Gasteiger partial charge in [0.25, 0.3) is 10.1 Å². The predicted octanol–water partition coefficient (Wildman–Crippen LogP) is 2.84. The molecule has 0 saturated carbocycles. The zero-order valence-electron chi connectivity index (χ0n) is 13.9. The average Bonchev–Trinajstić information content (AvgIpc) is 2.55. The largest absolute Gasteiger partial charge is 0.497 e. The Morgan fingerprint density at radius 1 is 0.875 bits per heavy atom. The van der Waals surface area contributed by atoms with Crippen molar-refractivity contribution in [2.45, 2.75) is 12.8 Å². The summed E-state index contributed by atoms with van der Waals surface area (Å²) in [6.45, 7) is 0.698. The van der Waals surface area contributed by atoms with Gasteiger partial charge < -0.3 is 9.47 Å². The molecule has 0 N–H and O–H groups in total. The standard InChI is InChI=1S/C18H22O5S/c1-21-17-8-6-15(7-9-17)10-12-22-18-5-3-4-16(14-18)11-13-23-24(2,19)20/h3-9,14H,10-13H2,1-2H3.